The van der Waals surface area contributed by atoms with Crippen molar-refractivity contribution >= 4 is 39.1 Å². The zero-order valence-electron chi connectivity index (χ0n) is 12.9. The van der Waals surface area contributed by atoms with Gasteiger partial charge < -0.3 is 20.5 Å². The molecule has 126 valence electrons. The highest BCUT2D eigenvalue weighted by Crippen LogP contribution is 2.18. The maximum atomic E-state index is 12.6. The number of carbonyl (C=O) groups excluding carboxylic acids is 3. The van der Waals surface area contributed by atoms with E-state index in [4.69, 9.17) is 5.73 Å². The lowest BCUT2D eigenvalue weighted by Gasteiger charge is -2.39. The quantitative estimate of drug-likeness (QED) is 0.691. The van der Waals surface area contributed by atoms with Crippen LogP contribution in [0.15, 0.2) is 22.3 Å². The number of pyridine rings is 1. The van der Waals surface area contributed by atoms with Gasteiger partial charge in [0.05, 0.1) is 4.70 Å². The van der Waals surface area contributed by atoms with E-state index in [1.165, 1.54) is 16.2 Å². The summed E-state index contributed by atoms with van der Waals surface area (Å²) in [4.78, 5) is 52.9. The molecule has 0 spiro atoms. The van der Waals surface area contributed by atoms with Gasteiger partial charge in [-0.15, -0.1) is 11.3 Å². The van der Waals surface area contributed by atoms with Crippen molar-refractivity contribution in [1.82, 2.24) is 14.8 Å². The Hall–Kier alpha value is -2.68. The van der Waals surface area contributed by atoms with Crippen LogP contribution in [0.2, 0.25) is 0 Å². The number of aromatic amines is 1. The topological polar surface area (TPSA) is 117 Å². The molecule has 3 heterocycles. The van der Waals surface area contributed by atoms with Gasteiger partial charge in [0.25, 0.3) is 11.5 Å². The molecule has 3 rings (SSSR count). The summed E-state index contributed by atoms with van der Waals surface area (Å²) in [7, 11) is 0. The molecule has 8 nitrogen and oxygen atoms in total. The normalized spacial score (nSPS) is 18.0. The molecule has 1 saturated heterocycles. The van der Waals surface area contributed by atoms with Crippen molar-refractivity contribution in [3.8, 4) is 0 Å². The van der Waals surface area contributed by atoms with Gasteiger partial charge in [-0.3, -0.25) is 19.2 Å². The molecule has 3 amide bonds. The molecule has 1 atom stereocenters. The van der Waals surface area contributed by atoms with Crippen molar-refractivity contribution in [2.24, 2.45) is 5.73 Å². The molecule has 0 aliphatic carbocycles. The van der Waals surface area contributed by atoms with E-state index >= 15 is 0 Å². The van der Waals surface area contributed by atoms with E-state index in [9.17, 15) is 19.2 Å². The number of nitrogens with one attached hydrogen (secondary N) is 1. The van der Waals surface area contributed by atoms with Crippen LogP contribution in [0.3, 0.4) is 0 Å². The average Bonchev–Trinajstić information content (AvgIpc) is 3.02. The number of aromatic nitrogens is 1. The number of H-pyrrole nitrogens is 1. The predicted molar refractivity (Wildman–Crippen MR) is 88.7 cm³/mol. The van der Waals surface area contributed by atoms with Crippen LogP contribution in [0, 0.1) is 0 Å². The third-order valence-corrected chi connectivity index (χ3v) is 5.00. The Kier molecular flexibility index (Phi) is 4.10. The second kappa shape index (κ2) is 6.08. The van der Waals surface area contributed by atoms with Crippen LogP contribution in [0.4, 0.5) is 0 Å². The molecule has 2 aromatic rings. The van der Waals surface area contributed by atoms with Crippen LogP contribution in [0.5, 0.6) is 0 Å². The zero-order chi connectivity index (χ0) is 17.4. The first-order chi connectivity index (χ1) is 11.4. The van der Waals surface area contributed by atoms with Gasteiger partial charge in [0, 0.05) is 31.1 Å². The summed E-state index contributed by atoms with van der Waals surface area (Å²) in [5.41, 5.74) is 4.95. The summed E-state index contributed by atoms with van der Waals surface area (Å²) in [6, 6.07) is 3.11. The maximum absolute atomic E-state index is 12.6. The number of nitrogens with zero attached hydrogens (tertiary/aromatic N) is 2. The van der Waals surface area contributed by atoms with E-state index in [0.29, 0.717) is 4.70 Å². The number of rotatable bonds is 1. The van der Waals surface area contributed by atoms with Gasteiger partial charge in [-0.2, -0.15) is 0 Å². The summed E-state index contributed by atoms with van der Waals surface area (Å²) in [5, 5.41) is 2.52. The number of amides is 3. The van der Waals surface area contributed by atoms with Crippen LogP contribution in [0.1, 0.15) is 17.4 Å². The second-order valence-electron chi connectivity index (χ2n) is 5.68. The molecule has 1 unspecified atom stereocenters. The lowest BCUT2D eigenvalue weighted by molar-refractivity contribution is -0.146. The van der Waals surface area contributed by atoms with Crippen molar-refractivity contribution in [1.29, 1.82) is 0 Å². The highest BCUT2D eigenvalue weighted by molar-refractivity contribution is 7.17. The minimum Gasteiger partial charge on any atom is -0.361 e. The second-order valence-corrected chi connectivity index (χ2v) is 6.60. The monoisotopic (exact) mass is 348 g/mol. The van der Waals surface area contributed by atoms with Gasteiger partial charge in [0.2, 0.25) is 0 Å². The molecule has 0 bridgehead atoms. The van der Waals surface area contributed by atoms with Crippen molar-refractivity contribution in [2.45, 2.75) is 13.0 Å². The SMILES string of the molecule is CC1CN(C(=O)c2cc3ccsc3c(=O)[nH]2)CCN1C(=O)C(N)=O. The Balaban J connectivity index is 1.80. The van der Waals surface area contributed by atoms with E-state index < -0.39 is 11.8 Å². The fourth-order valence-corrected chi connectivity index (χ4v) is 3.63. The zero-order valence-corrected chi connectivity index (χ0v) is 13.8. The van der Waals surface area contributed by atoms with Gasteiger partial charge in [-0.1, -0.05) is 0 Å². The van der Waals surface area contributed by atoms with E-state index in [1.807, 2.05) is 0 Å². The van der Waals surface area contributed by atoms with Crippen molar-refractivity contribution in [3.63, 3.8) is 0 Å². The first kappa shape index (κ1) is 16.2. The molecule has 0 saturated carbocycles. The number of nitrogens with two attached hydrogens (primary N) is 1. The van der Waals surface area contributed by atoms with Crippen LogP contribution < -0.4 is 11.3 Å². The molecule has 3 N–H and O–H groups in total. The van der Waals surface area contributed by atoms with Crippen molar-refractivity contribution in [2.75, 3.05) is 19.6 Å². The molecule has 9 heteroatoms. The lowest BCUT2D eigenvalue weighted by Crippen LogP contribution is -2.57. The molecule has 1 fully saturated rings. The van der Waals surface area contributed by atoms with E-state index in [1.54, 1.807) is 29.3 Å². The Bertz CT molecular complexity index is 887. The Morgan fingerprint density at radius 1 is 1.33 bits per heavy atom. The highest BCUT2D eigenvalue weighted by atomic mass is 32.1. The van der Waals surface area contributed by atoms with E-state index in [2.05, 4.69) is 4.98 Å². The molecule has 0 radical (unpaired) electrons. The summed E-state index contributed by atoms with van der Waals surface area (Å²) in [6.07, 6.45) is 0. The molecular weight excluding hydrogens is 332 g/mol. The Labute approximate surface area is 140 Å². The number of carbonyl (C=O) groups is 3. The average molecular weight is 348 g/mol. The van der Waals surface area contributed by atoms with Crippen LogP contribution in [-0.4, -0.2) is 58.2 Å². The van der Waals surface area contributed by atoms with Gasteiger partial charge in [0.1, 0.15) is 5.69 Å². The molecule has 2 aromatic heterocycles. The predicted octanol–water partition coefficient (Wildman–Crippen LogP) is -0.252. The fourth-order valence-electron chi connectivity index (χ4n) is 2.86. The molecule has 1 aliphatic rings. The summed E-state index contributed by atoms with van der Waals surface area (Å²) in [6.45, 7) is 2.50. The number of piperazine rings is 1. The lowest BCUT2D eigenvalue weighted by atomic mass is 10.1. The summed E-state index contributed by atoms with van der Waals surface area (Å²) < 4.78 is 0.580. The van der Waals surface area contributed by atoms with Gasteiger partial charge in [0.15, 0.2) is 0 Å². The number of primary amides is 1. The van der Waals surface area contributed by atoms with Gasteiger partial charge in [-0.25, -0.2) is 0 Å². The number of fused-ring (bicyclic) bond motifs is 1. The summed E-state index contributed by atoms with van der Waals surface area (Å²) >= 11 is 1.32. The highest BCUT2D eigenvalue weighted by Gasteiger charge is 2.32. The van der Waals surface area contributed by atoms with Crippen LogP contribution in [-0.2, 0) is 9.59 Å². The third kappa shape index (κ3) is 2.78. The summed E-state index contributed by atoms with van der Waals surface area (Å²) in [5.74, 6) is -2.06. The minimum absolute atomic E-state index is 0.216. The molecular formula is C15H16N4O4S. The van der Waals surface area contributed by atoms with E-state index in [-0.39, 0.29) is 42.8 Å². The standard InChI is InChI=1S/C15H16N4O4S/c1-8-7-18(3-4-19(8)15(23)12(16)20)14(22)10-6-9-2-5-24-11(9)13(21)17-10/h2,5-6,8H,3-4,7H2,1H3,(H2,16,20)(H,17,21). The molecule has 0 aromatic carbocycles. The van der Waals surface area contributed by atoms with E-state index in [0.717, 1.165) is 5.39 Å². The minimum atomic E-state index is -1.01. The third-order valence-electron chi connectivity index (χ3n) is 4.07. The van der Waals surface area contributed by atoms with Crippen molar-refractivity contribution < 1.29 is 14.4 Å². The number of thiophene rings is 1. The fraction of sp³-hybridized carbons (Fsp3) is 0.333. The van der Waals surface area contributed by atoms with Crippen molar-refractivity contribution in [3.05, 3.63) is 33.6 Å². The molecule has 24 heavy (non-hydrogen) atoms. The Morgan fingerprint density at radius 3 is 2.75 bits per heavy atom. The van der Waals surface area contributed by atoms with Crippen LogP contribution in [0.25, 0.3) is 10.1 Å². The largest absolute Gasteiger partial charge is 0.361 e. The maximum Gasteiger partial charge on any atom is 0.312 e. The first-order valence-corrected chi connectivity index (χ1v) is 8.26. The smallest absolute Gasteiger partial charge is 0.312 e. The first-order valence-electron chi connectivity index (χ1n) is 7.38. The van der Waals surface area contributed by atoms with Gasteiger partial charge in [-0.05, 0) is 24.4 Å². The Morgan fingerprint density at radius 2 is 2.08 bits per heavy atom. The number of hydrogen-bond donors (Lipinski definition) is 2. The number of hydrogen-bond acceptors (Lipinski definition) is 5. The van der Waals surface area contributed by atoms with Gasteiger partial charge >= 0.3 is 11.8 Å². The van der Waals surface area contributed by atoms with Crippen LogP contribution >= 0.6 is 11.3 Å². The molecule has 1 aliphatic heterocycles.